The number of benzene rings is 2. The number of nitrogens with zero attached hydrogens (tertiary/aromatic N) is 1. The summed E-state index contributed by atoms with van der Waals surface area (Å²) in [6.45, 7) is 5.01. The van der Waals surface area contributed by atoms with E-state index in [0.717, 1.165) is 18.4 Å². The molecule has 1 aliphatic rings. The van der Waals surface area contributed by atoms with Gasteiger partial charge in [-0.1, -0.05) is 61.5 Å². The highest BCUT2D eigenvalue weighted by molar-refractivity contribution is 5.79. The summed E-state index contributed by atoms with van der Waals surface area (Å²) in [4.78, 5) is 26.6. The van der Waals surface area contributed by atoms with E-state index in [9.17, 15) is 9.59 Å². The lowest BCUT2D eigenvalue weighted by atomic mass is 9.90. The van der Waals surface area contributed by atoms with E-state index >= 15 is 0 Å². The maximum Gasteiger partial charge on any atom is 0.222 e. The molecule has 2 aromatic rings. The van der Waals surface area contributed by atoms with E-state index in [1.165, 1.54) is 11.1 Å². The zero-order chi connectivity index (χ0) is 19.2. The van der Waals surface area contributed by atoms with Crippen LogP contribution < -0.4 is 5.32 Å². The van der Waals surface area contributed by atoms with Crippen LogP contribution in [0.2, 0.25) is 0 Å². The molecule has 2 aromatic carbocycles. The average molecular weight is 364 g/mol. The molecule has 142 valence electrons. The molecule has 27 heavy (non-hydrogen) atoms. The molecule has 2 atom stereocenters. The Labute approximate surface area is 161 Å². The SMILES string of the molecule is CCC(CNC(=O)CC1c2ccccc2CCN1C(C)=O)c1ccccc1. The van der Waals surface area contributed by atoms with Gasteiger partial charge < -0.3 is 10.2 Å². The van der Waals surface area contributed by atoms with Crippen LogP contribution in [-0.2, 0) is 16.0 Å². The average Bonchev–Trinajstić information content (AvgIpc) is 2.69. The van der Waals surface area contributed by atoms with Crippen LogP contribution in [0.1, 0.15) is 55.3 Å². The highest BCUT2D eigenvalue weighted by atomic mass is 16.2. The largest absolute Gasteiger partial charge is 0.355 e. The summed E-state index contributed by atoms with van der Waals surface area (Å²) in [5.41, 5.74) is 3.58. The van der Waals surface area contributed by atoms with E-state index < -0.39 is 0 Å². The van der Waals surface area contributed by atoms with Crippen molar-refractivity contribution in [3.63, 3.8) is 0 Å². The molecule has 0 saturated carbocycles. The van der Waals surface area contributed by atoms with Crippen LogP contribution in [-0.4, -0.2) is 29.8 Å². The third-order valence-electron chi connectivity index (χ3n) is 5.50. The number of amides is 2. The number of carbonyl (C=O) groups excluding carboxylic acids is 2. The fraction of sp³-hybridized carbons (Fsp3) is 0.391. The van der Waals surface area contributed by atoms with Gasteiger partial charge in [-0.25, -0.2) is 0 Å². The molecular weight excluding hydrogens is 336 g/mol. The van der Waals surface area contributed by atoms with Crippen molar-refractivity contribution in [1.29, 1.82) is 0 Å². The summed E-state index contributed by atoms with van der Waals surface area (Å²) in [6.07, 6.45) is 2.12. The maximum atomic E-state index is 12.7. The molecule has 0 saturated heterocycles. The Kier molecular flexibility index (Phi) is 6.28. The number of hydrogen-bond donors (Lipinski definition) is 1. The normalized spacial score (nSPS) is 17.1. The molecule has 4 nitrogen and oxygen atoms in total. The van der Waals surface area contributed by atoms with Gasteiger partial charge in [-0.2, -0.15) is 0 Å². The molecule has 1 heterocycles. The molecular formula is C23H28N2O2. The highest BCUT2D eigenvalue weighted by Gasteiger charge is 2.30. The summed E-state index contributed by atoms with van der Waals surface area (Å²) in [7, 11) is 0. The topological polar surface area (TPSA) is 49.4 Å². The van der Waals surface area contributed by atoms with Crippen molar-refractivity contribution in [2.75, 3.05) is 13.1 Å². The first-order valence-corrected chi connectivity index (χ1v) is 9.76. The number of rotatable bonds is 6. The number of carbonyl (C=O) groups is 2. The second-order valence-electron chi connectivity index (χ2n) is 7.20. The minimum absolute atomic E-state index is 0.00247. The van der Waals surface area contributed by atoms with Crippen molar-refractivity contribution in [3.05, 3.63) is 71.3 Å². The van der Waals surface area contributed by atoms with Gasteiger partial charge in [-0.15, -0.1) is 0 Å². The summed E-state index contributed by atoms with van der Waals surface area (Å²) < 4.78 is 0. The Morgan fingerprint density at radius 3 is 2.52 bits per heavy atom. The monoisotopic (exact) mass is 364 g/mol. The van der Waals surface area contributed by atoms with Crippen molar-refractivity contribution in [2.45, 2.75) is 45.1 Å². The first-order chi connectivity index (χ1) is 13.1. The molecule has 2 amide bonds. The van der Waals surface area contributed by atoms with Gasteiger partial charge >= 0.3 is 0 Å². The lowest BCUT2D eigenvalue weighted by molar-refractivity contribution is -0.133. The van der Waals surface area contributed by atoms with Crippen LogP contribution in [0.5, 0.6) is 0 Å². The lowest BCUT2D eigenvalue weighted by Crippen LogP contribution is -2.41. The zero-order valence-electron chi connectivity index (χ0n) is 16.2. The standard InChI is InChI=1S/C23H28N2O2/c1-3-18(19-9-5-4-6-10-19)16-24-23(27)15-22-21-12-8-7-11-20(21)13-14-25(22)17(2)26/h4-12,18,22H,3,13-16H2,1-2H3,(H,24,27). The molecule has 0 spiro atoms. The Morgan fingerprint density at radius 1 is 1.11 bits per heavy atom. The third kappa shape index (κ3) is 4.57. The van der Waals surface area contributed by atoms with E-state index in [1.54, 1.807) is 6.92 Å². The van der Waals surface area contributed by atoms with Gasteiger partial charge in [-0.3, -0.25) is 9.59 Å². The summed E-state index contributed by atoms with van der Waals surface area (Å²) in [5, 5.41) is 3.09. The van der Waals surface area contributed by atoms with Crippen LogP contribution in [0.4, 0.5) is 0 Å². The Hall–Kier alpha value is -2.62. The molecule has 0 radical (unpaired) electrons. The van der Waals surface area contributed by atoms with Gasteiger partial charge in [0.15, 0.2) is 0 Å². The molecule has 4 heteroatoms. The third-order valence-corrected chi connectivity index (χ3v) is 5.50. The minimum atomic E-state index is -0.177. The van der Waals surface area contributed by atoms with Gasteiger partial charge in [0.05, 0.1) is 12.5 Å². The van der Waals surface area contributed by atoms with Gasteiger partial charge in [-0.05, 0) is 29.5 Å². The van der Waals surface area contributed by atoms with Crippen molar-refractivity contribution < 1.29 is 9.59 Å². The maximum absolute atomic E-state index is 12.7. The van der Waals surface area contributed by atoms with Gasteiger partial charge in [0, 0.05) is 25.9 Å². The number of fused-ring (bicyclic) bond motifs is 1. The Bertz CT molecular complexity index is 788. The fourth-order valence-corrected chi connectivity index (χ4v) is 3.96. The van der Waals surface area contributed by atoms with E-state index in [-0.39, 0.29) is 17.9 Å². The molecule has 0 aliphatic carbocycles. The smallest absolute Gasteiger partial charge is 0.222 e. The molecule has 0 fully saturated rings. The molecule has 3 rings (SSSR count). The molecule has 2 unspecified atom stereocenters. The van der Waals surface area contributed by atoms with Crippen LogP contribution in [0.15, 0.2) is 54.6 Å². The van der Waals surface area contributed by atoms with E-state index in [4.69, 9.17) is 0 Å². The Balaban J connectivity index is 1.67. The quantitative estimate of drug-likeness (QED) is 0.847. The molecule has 1 aliphatic heterocycles. The first kappa shape index (κ1) is 19.2. The van der Waals surface area contributed by atoms with Crippen LogP contribution in [0, 0.1) is 0 Å². The minimum Gasteiger partial charge on any atom is -0.355 e. The van der Waals surface area contributed by atoms with E-state index in [1.807, 2.05) is 41.3 Å². The Morgan fingerprint density at radius 2 is 1.81 bits per heavy atom. The van der Waals surface area contributed by atoms with Gasteiger partial charge in [0.1, 0.15) is 0 Å². The summed E-state index contributed by atoms with van der Waals surface area (Å²) >= 11 is 0. The summed E-state index contributed by atoms with van der Waals surface area (Å²) in [5.74, 6) is 0.327. The number of nitrogens with one attached hydrogen (secondary N) is 1. The van der Waals surface area contributed by atoms with Gasteiger partial charge in [0.2, 0.25) is 11.8 Å². The van der Waals surface area contributed by atoms with E-state index in [2.05, 4.69) is 30.4 Å². The number of hydrogen-bond acceptors (Lipinski definition) is 2. The predicted octanol–water partition coefficient (Wildman–Crippen LogP) is 3.83. The molecule has 0 aromatic heterocycles. The van der Waals surface area contributed by atoms with E-state index in [0.29, 0.717) is 25.4 Å². The summed E-state index contributed by atoms with van der Waals surface area (Å²) in [6, 6.07) is 18.2. The van der Waals surface area contributed by atoms with Crippen LogP contribution >= 0.6 is 0 Å². The first-order valence-electron chi connectivity index (χ1n) is 9.76. The molecule has 0 bridgehead atoms. The van der Waals surface area contributed by atoms with Crippen molar-refractivity contribution in [1.82, 2.24) is 10.2 Å². The lowest BCUT2D eigenvalue weighted by Gasteiger charge is -2.36. The highest BCUT2D eigenvalue weighted by Crippen LogP contribution is 2.32. The van der Waals surface area contributed by atoms with Crippen LogP contribution in [0.3, 0.4) is 0 Å². The molecule has 1 N–H and O–H groups in total. The van der Waals surface area contributed by atoms with Crippen molar-refractivity contribution in [3.8, 4) is 0 Å². The second kappa shape index (κ2) is 8.85. The zero-order valence-corrected chi connectivity index (χ0v) is 16.2. The van der Waals surface area contributed by atoms with Crippen LogP contribution in [0.25, 0.3) is 0 Å². The van der Waals surface area contributed by atoms with Gasteiger partial charge in [0.25, 0.3) is 0 Å². The second-order valence-corrected chi connectivity index (χ2v) is 7.20. The fourth-order valence-electron chi connectivity index (χ4n) is 3.96. The van der Waals surface area contributed by atoms with Crippen molar-refractivity contribution >= 4 is 11.8 Å². The predicted molar refractivity (Wildman–Crippen MR) is 107 cm³/mol. The van der Waals surface area contributed by atoms with Crippen molar-refractivity contribution in [2.24, 2.45) is 0 Å².